The molecule has 0 fully saturated rings. The quantitative estimate of drug-likeness (QED) is 0.771. The summed E-state index contributed by atoms with van der Waals surface area (Å²) in [6, 6.07) is 6.94. The van der Waals surface area contributed by atoms with Gasteiger partial charge in [0.25, 0.3) is 0 Å². The Balaban J connectivity index is 0.00000324. The maximum absolute atomic E-state index is 11.4. The molecule has 0 bridgehead atoms. The molecule has 1 aromatic carbocycles. The Bertz CT molecular complexity index is 407. The fourth-order valence-corrected chi connectivity index (χ4v) is 1.39. The number of benzene rings is 1. The van der Waals surface area contributed by atoms with Gasteiger partial charge < -0.3 is 15.8 Å². The topological polar surface area (TPSA) is 81.4 Å². The monoisotopic (exact) mass is 286 g/mol. The van der Waals surface area contributed by atoms with E-state index in [0.29, 0.717) is 31.7 Å². The molecule has 0 spiro atoms. The third kappa shape index (κ3) is 6.22. The van der Waals surface area contributed by atoms with E-state index in [2.05, 4.69) is 5.32 Å². The molecule has 0 radical (unpaired) electrons. The second-order valence-electron chi connectivity index (χ2n) is 3.73. The van der Waals surface area contributed by atoms with Gasteiger partial charge in [0.1, 0.15) is 0 Å². The smallest absolute Gasteiger partial charge is 0.338 e. The number of nitrogens with one attached hydrogen (secondary N) is 1. The predicted molar refractivity (Wildman–Crippen MR) is 75.2 cm³/mol. The Morgan fingerprint density at radius 1 is 1.26 bits per heavy atom. The summed E-state index contributed by atoms with van der Waals surface area (Å²) in [7, 11) is 0. The molecule has 5 nitrogen and oxygen atoms in total. The molecule has 3 N–H and O–H groups in total. The minimum Gasteiger partial charge on any atom is -0.462 e. The number of ether oxygens (including phenoxy) is 1. The number of carbonyl (C=O) groups excluding carboxylic acids is 2. The number of hydrogen-bond acceptors (Lipinski definition) is 4. The second-order valence-corrected chi connectivity index (χ2v) is 3.73. The van der Waals surface area contributed by atoms with Crippen molar-refractivity contribution in [1.82, 2.24) is 5.32 Å². The van der Waals surface area contributed by atoms with Crippen molar-refractivity contribution in [3.8, 4) is 0 Å². The van der Waals surface area contributed by atoms with Crippen LogP contribution in [0.25, 0.3) is 0 Å². The molecule has 0 unspecified atom stereocenters. The second kappa shape index (κ2) is 9.35. The molecule has 0 heterocycles. The normalized spacial score (nSPS) is 9.37. The van der Waals surface area contributed by atoms with Crippen LogP contribution < -0.4 is 11.1 Å². The molecule has 0 aliphatic heterocycles. The minimum atomic E-state index is -0.337. The van der Waals surface area contributed by atoms with E-state index < -0.39 is 0 Å². The van der Waals surface area contributed by atoms with E-state index in [0.717, 1.165) is 5.56 Å². The third-order valence-electron chi connectivity index (χ3n) is 2.33. The molecule has 0 saturated carbocycles. The first-order valence-corrected chi connectivity index (χ1v) is 5.90. The van der Waals surface area contributed by atoms with Crippen LogP contribution in [0.2, 0.25) is 0 Å². The lowest BCUT2D eigenvalue weighted by Crippen LogP contribution is -2.24. The molecule has 0 atom stereocenters. The van der Waals surface area contributed by atoms with Gasteiger partial charge in [-0.15, -0.1) is 12.4 Å². The Labute approximate surface area is 118 Å². The van der Waals surface area contributed by atoms with Crippen LogP contribution in [-0.4, -0.2) is 25.0 Å². The number of amides is 1. The van der Waals surface area contributed by atoms with Crippen LogP contribution in [0.15, 0.2) is 24.3 Å². The lowest BCUT2D eigenvalue weighted by atomic mass is 10.1. The van der Waals surface area contributed by atoms with Crippen molar-refractivity contribution in [3.63, 3.8) is 0 Å². The molecular formula is C13H19ClN2O3. The van der Waals surface area contributed by atoms with Gasteiger partial charge in [0.15, 0.2) is 0 Å². The molecule has 0 aliphatic rings. The Morgan fingerprint density at radius 2 is 1.89 bits per heavy atom. The summed E-state index contributed by atoms with van der Waals surface area (Å²) >= 11 is 0. The maximum atomic E-state index is 11.4. The lowest BCUT2D eigenvalue weighted by molar-refractivity contribution is -0.121. The highest BCUT2D eigenvalue weighted by atomic mass is 35.5. The molecule has 0 aromatic heterocycles. The maximum Gasteiger partial charge on any atom is 0.338 e. The van der Waals surface area contributed by atoms with Crippen molar-refractivity contribution < 1.29 is 14.3 Å². The predicted octanol–water partition coefficient (Wildman–Crippen LogP) is 1.25. The van der Waals surface area contributed by atoms with Crippen LogP contribution >= 0.6 is 12.4 Å². The van der Waals surface area contributed by atoms with Gasteiger partial charge in [-0.2, -0.15) is 0 Å². The summed E-state index contributed by atoms with van der Waals surface area (Å²) in [5.41, 5.74) is 6.70. The van der Waals surface area contributed by atoms with E-state index in [4.69, 9.17) is 10.5 Å². The molecule has 1 amide bonds. The first-order valence-electron chi connectivity index (χ1n) is 5.90. The SMILES string of the molecule is CCOC(=O)c1ccc(CNC(=O)CCN)cc1.Cl. The summed E-state index contributed by atoms with van der Waals surface area (Å²) < 4.78 is 4.88. The number of halogens is 1. The number of nitrogens with two attached hydrogens (primary N) is 1. The highest BCUT2D eigenvalue weighted by molar-refractivity contribution is 5.89. The zero-order valence-corrected chi connectivity index (χ0v) is 11.7. The number of esters is 1. The molecule has 1 aromatic rings. The zero-order chi connectivity index (χ0) is 13.4. The van der Waals surface area contributed by atoms with E-state index in [-0.39, 0.29) is 24.3 Å². The highest BCUT2D eigenvalue weighted by Gasteiger charge is 2.05. The highest BCUT2D eigenvalue weighted by Crippen LogP contribution is 2.06. The lowest BCUT2D eigenvalue weighted by Gasteiger charge is -2.06. The van der Waals surface area contributed by atoms with E-state index >= 15 is 0 Å². The Morgan fingerprint density at radius 3 is 2.42 bits per heavy atom. The number of carbonyl (C=O) groups is 2. The van der Waals surface area contributed by atoms with E-state index in [1.54, 1.807) is 31.2 Å². The molecular weight excluding hydrogens is 268 g/mol. The van der Waals surface area contributed by atoms with Gasteiger partial charge in [-0.05, 0) is 24.6 Å². The molecule has 106 valence electrons. The van der Waals surface area contributed by atoms with E-state index in [1.165, 1.54) is 0 Å². The average Bonchev–Trinajstić information content (AvgIpc) is 2.37. The van der Waals surface area contributed by atoms with Crippen LogP contribution in [0.5, 0.6) is 0 Å². The van der Waals surface area contributed by atoms with Gasteiger partial charge in [-0.1, -0.05) is 12.1 Å². The van der Waals surface area contributed by atoms with Gasteiger partial charge >= 0.3 is 5.97 Å². The van der Waals surface area contributed by atoms with Crippen LogP contribution in [0.3, 0.4) is 0 Å². The fraction of sp³-hybridized carbons (Fsp3) is 0.385. The third-order valence-corrected chi connectivity index (χ3v) is 2.33. The van der Waals surface area contributed by atoms with Gasteiger partial charge in [-0.25, -0.2) is 4.79 Å². The average molecular weight is 287 g/mol. The molecule has 6 heteroatoms. The van der Waals surface area contributed by atoms with Gasteiger partial charge in [0.05, 0.1) is 12.2 Å². The first kappa shape index (κ1) is 17.4. The molecule has 0 aliphatic carbocycles. The van der Waals surface area contributed by atoms with E-state index in [1.807, 2.05) is 0 Å². The van der Waals surface area contributed by atoms with E-state index in [9.17, 15) is 9.59 Å². The summed E-state index contributed by atoms with van der Waals surface area (Å²) in [6.07, 6.45) is 0.320. The standard InChI is InChI=1S/C13H18N2O3.ClH/c1-2-18-13(17)11-5-3-10(4-6-11)9-15-12(16)7-8-14;/h3-6H,2,7-9,14H2,1H3,(H,15,16);1H. The van der Waals surface area contributed by atoms with Crippen LogP contribution in [0.4, 0.5) is 0 Å². The summed E-state index contributed by atoms with van der Waals surface area (Å²) in [5, 5.41) is 2.74. The van der Waals surface area contributed by atoms with Crippen molar-refractivity contribution in [3.05, 3.63) is 35.4 Å². The molecule has 0 saturated heterocycles. The van der Waals surface area contributed by atoms with Crippen molar-refractivity contribution in [1.29, 1.82) is 0 Å². The zero-order valence-electron chi connectivity index (χ0n) is 10.8. The van der Waals surface area contributed by atoms with Gasteiger partial charge in [0, 0.05) is 19.5 Å². The minimum absolute atomic E-state index is 0. The van der Waals surface area contributed by atoms with Crippen LogP contribution in [0, 0.1) is 0 Å². The van der Waals surface area contributed by atoms with Crippen molar-refractivity contribution in [2.45, 2.75) is 19.9 Å². The Kier molecular flexibility index (Phi) is 8.57. The molecule has 19 heavy (non-hydrogen) atoms. The summed E-state index contributed by atoms with van der Waals surface area (Å²) in [6.45, 7) is 2.89. The summed E-state index contributed by atoms with van der Waals surface area (Å²) in [4.78, 5) is 22.6. The Hall–Kier alpha value is -1.59. The van der Waals surface area contributed by atoms with Gasteiger partial charge in [-0.3, -0.25) is 4.79 Å². The fourth-order valence-electron chi connectivity index (χ4n) is 1.39. The first-order chi connectivity index (χ1) is 8.67. The summed E-state index contributed by atoms with van der Waals surface area (Å²) in [5.74, 6) is -0.414. The number of rotatable bonds is 6. The van der Waals surface area contributed by atoms with Crippen LogP contribution in [0.1, 0.15) is 29.3 Å². The van der Waals surface area contributed by atoms with Crippen molar-refractivity contribution >= 4 is 24.3 Å². The molecule has 1 rings (SSSR count). The van der Waals surface area contributed by atoms with Gasteiger partial charge in [0.2, 0.25) is 5.91 Å². The van der Waals surface area contributed by atoms with Crippen molar-refractivity contribution in [2.75, 3.05) is 13.2 Å². The van der Waals surface area contributed by atoms with Crippen LogP contribution in [-0.2, 0) is 16.1 Å². The largest absolute Gasteiger partial charge is 0.462 e. The number of hydrogen-bond donors (Lipinski definition) is 2. The van der Waals surface area contributed by atoms with Crippen molar-refractivity contribution in [2.24, 2.45) is 5.73 Å².